The van der Waals surface area contributed by atoms with E-state index in [0.29, 0.717) is 10.7 Å². The number of fused-ring (bicyclic) bond motifs is 1. The summed E-state index contributed by atoms with van der Waals surface area (Å²) in [5.41, 5.74) is 3.36. The largest absolute Gasteiger partial charge is 0.296 e. The van der Waals surface area contributed by atoms with E-state index in [2.05, 4.69) is 4.98 Å². The molecule has 0 atom stereocenters. The molecule has 0 saturated carbocycles. The lowest BCUT2D eigenvalue weighted by Gasteiger charge is -2.04. The van der Waals surface area contributed by atoms with Crippen LogP contribution in [0.15, 0.2) is 41.8 Å². The number of thiazole rings is 1. The van der Waals surface area contributed by atoms with Crippen molar-refractivity contribution in [2.45, 2.75) is 6.92 Å². The summed E-state index contributed by atoms with van der Waals surface area (Å²) in [5.74, 6) is 0. The van der Waals surface area contributed by atoms with Crippen LogP contribution in [0.2, 0.25) is 5.02 Å². The summed E-state index contributed by atoms with van der Waals surface area (Å²) in [4.78, 5) is 19.4. The molecule has 0 aliphatic rings. The van der Waals surface area contributed by atoms with Crippen molar-refractivity contribution in [3.63, 3.8) is 0 Å². The van der Waals surface area contributed by atoms with Crippen molar-refractivity contribution in [3.05, 3.63) is 57.4 Å². The van der Waals surface area contributed by atoms with E-state index >= 15 is 0 Å². The van der Waals surface area contributed by atoms with Gasteiger partial charge < -0.3 is 0 Å². The Kier molecular flexibility index (Phi) is 3.56. The van der Waals surface area contributed by atoms with Crippen LogP contribution in [0.5, 0.6) is 0 Å². The fraction of sp³-hybridized carbons (Fsp3) is 0.0588. The number of carbonyl (C=O) groups excluding carboxylic acids is 1. The van der Waals surface area contributed by atoms with Crippen LogP contribution in [0, 0.1) is 6.92 Å². The first-order valence-corrected chi connectivity index (χ1v) is 9.03. The average molecular weight is 359 g/mol. The number of hydrogen-bond acceptors (Lipinski definition) is 4. The maximum absolute atomic E-state index is 11.8. The first kappa shape index (κ1) is 14.6. The van der Waals surface area contributed by atoms with Gasteiger partial charge in [0, 0.05) is 9.90 Å². The second-order valence-corrected chi connectivity index (χ2v) is 7.64. The fourth-order valence-electron chi connectivity index (χ4n) is 2.68. The third-order valence-corrected chi connectivity index (χ3v) is 5.75. The van der Waals surface area contributed by atoms with Gasteiger partial charge in [0.15, 0.2) is 11.2 Å². The van der Waals surface area contributed by atoms with Gasteiger partial charge in [-0.15, -0.1) is 22.7 Å². The standard InChI is InChI=1S/C17H11ClN2OS2/c1-10-16(11-4-6-12(18)7-5-11)20-13(9-21)15(19-17(20)23-10)14-3-2-8-22-14/h2-9H,1H3. The maximum Gasteiger partial charge on any atom is 0.195 e. The molecule has 6 heteroatoms. The van der Waals surface area contributed by atoms with Crippen molar-refractivity contribution in [1.29, 1.82) is 0 Å². The van der Waals surface area contributed by atoms with Gasteiger partial charge in [-0.3, -0.25) is 9.20 Å². The molecule has 0 bridgehead atoms. The molecule has 0 aliphatic heterocycles. The van der Waals surface area contributed by atoms with Gasteiger partial charge in [0.05, 0.1) is 10.6 Å². The van der Waals surface area contributed by atoms with Crippen molar-refractivity contribution in [2.75, 3.05) is 0 Å². The molecule has 114 valence electrons. The summed E-state index contributed by atoms with van der Waals surface area (Å²) >= 11 is 9.16. The number of aldehydes is 1. The molecule has 3 nitrogen and oxygen atoms in total. The zero-order chi connectivity index (χ0) is 16.0. The number of aryl methyl sites for hydroxylation is 1. The highest BCUT2D eigenvalue weighted by molar-refractivity contribution is 7.17. The van der Waals surface area contributed by atoms with Gasteiger partial charge >= 0.3 is 0 Å². The highest BCUT2D eigenvalue weighted by atomic mass is 35.5. The zero-order valence-corrected chi connectivity index (χ0v) is 14.5. The van der Waals surface area contributed by atoms with Crippen LogP contribution >= 0.6 is 34.3 Å². The van der Waals surface area contributed by atoms with Gasteiger partial charge in [-0.05, 0) is 36.1 Å². The maximum atomic E-state index is 11.8. The first-order chi connectivity index (χ1) is 11.2. The Morgan fingerprint density at radius 2 is 2.00 bits per heavy atom. The van der Waals surface area contributed by atoms with Crippen molar-refractivity contribution >= 4 is 45.5 Å². The molecular formula is C17H11ClN2OS2. The summed E-state index contributed by atoms with van der Waals surface area (Å²) in [6, 6.07) is 11.6. The first-order valence-electron chi connectivity index (χ1n) is 6.96. The van der Waals surface area contributed by atoms with Crippen LogP contribution in [0.4, 0.5) is 0 Å². The highest BCUT2D eigenvalue weighted by Crippen LogP contribution is 2.36. The zero-order valence-electron chi connectivity index (χ0n) is 12.1. The number of rotatable bonds is 3. The Hall–Kier alpha value is -1.95. The van der Waals surface area contributed by atoms with E-state index in [1.807, 2.05) is 53.1 Å². The van der Waals surface area contributed by atoms with E-state index in [1.165, 1.54) is 0 Å². The van der Waals surface area contributed by atoms with Crippen LogP contribution in [-0.4, -0.2) is 15.7 Å². The molecule has 0 saturated heterocycles. The summed E-state index contributed by atoms with van der Waals surface area (Å²) < 4.78 is 1.95. The molecule has 0 unspecified atom stereocenters. The predicted octanol–water partition coefficient (Wildman–Crippen LogP) is 5.57. The molecule has 4 rings (SSSR count). The lowest BCUT2D eigenvalue weighted by Crippen LogP contribution is -1.94. The molecular weight excluding hydrogens is 348 g/mol. The molecule has 0 N–H and O–H groups in total. The van der Waals surface area contributed by atoms with Crippen molar-refractivity contribution < 1.29 is 4.79 Å². The fourth-order valence-corrected chi connectivity index (χ4v) is 4.53. The van der Waals surface area contributed by atoms with Gasteiger partial charge in [0.25, 0.3) is 0 Å². The number of aromatic nitrogens is 2. The Balaban J connectivity index is 2.03. The van der Waals surface area contributed by atoms with Crippen LogP contribution in [0.25, 0.3) is 26.8 Å². The molecule has 3 heterocycles. The topological polar surface area (TPSA) is 34.4 Å². The summed E-state index contributed by atoms with van der Waals surface area (Å²) in [6.45, 7) is 2.04. The van der Waals surface area contributed by atoms with E-state index in [0.717, 1.165) is 38.0 Å². The van der Waals surface area contributed by atoms with Crippen LogP contribution < -0.4 is 0 Å². The smallest absolute Gasteiger partial charge is 0.195 e. The Morgan fingerprint density at radius 3 is 2.65 bits per heavy atom. The van der Waals surface area contributed by atoms with Crippen LogP contribution in [0.1, 0.15) is 15.4 Å². The predicted molar refractivity (Wildman–Crippen MR) is 97.0 cm³/mol. The van der Waals surface area contributed by atoms with Gasteiger partial charge in [-0.2, -0.15) is 0 Å². The van der Waals surface area contributed by atoms with E-state index in [1.54, 1.807) is 22.7 Å². The number of hydrogen-bond donors (Lipinski definition) is 0. The Bertz CT molecular complexity index is 998. The molecule has 1 aromatic carbocycles. The third kappa shape index (κ3) is 2.32. The molecule has 3 aromatic heterocycles. The molecule has 0 aliphatic carbocycles. The van der Waals surface area contributed by atoms with Crippen molar-refractivity contribution in [1.82, 2.24) is 9.38 Å². The van der Waals surface area contributed by atoms with Crippen molar-refractivity contribution in [3.8, 4) is 21.8 Å². The van der Waals surface area contributed by atoms with E-state index in [-0.39, 0.29) is 0 Å². The SMILES string of the molecule is Cc1sc2nc(-c3cccs3)c(C=O)n2c1-c1ccc(Cl)cc1. The molecule has 0 fully saturated rings. The minimum Gasteiger partial charge on any atom is -0.296 e. The third-order valence-electron chi connectivity index (χ3n) is 3.67. The van der Waals surface area contributed by atoms with Crippen molar-refractivity contribution in [2.24, 2.45) is 0 Å². The normalized spacial score (nSPS) is 11.2. The molecule has 0 amide bonds. The van der Waals surface area contributed by atoms with Crippen LogP contribution in [-0.2, 0) is 0 Å². The molecule has 4 aromatic rings. The second-order valence-electron chi connectivity index (χ2n) is 5.07. The Labute approximate surface area is 145 Å². The van der Waals surface area contributed by atoms with Crippen LogP contribution in [0.3, 0.4) is 0 Å². The molecule has 0 radical (unpaired) electrons. The minimum atomic E-state index is 0.594. The van der Waals surface area contributed by atoms with E-state index < -0.39 is 0 Å². The van der Waals surface area contributed by atoms with E-state index in [9.17, 15) is 4.79 Å². The number of benzene rings is 1. The number of halogens is 1. The lowest BCUT2D eigenvalue weighted by molar-refractivity contribution is 0.111. The minimum absolute atomic E-state index is 0.594. The average Bonchev–Trinajstić information content (AvgIpc) is 3.23. The van der Waals surface area contributed by atoms with Gasteiger partial charge in [0.1, 0.15) is 11.4 Å². The summed E-state index contributed by atoms with van der Waals surface area (Å²) in [6.07, 6.45) is 0.890. The molecule has 23 heavy (non-hydrogen) atoms. The number of carbonyl (C=O) groups is 1. The van der Waals surface area contributed by atoms with Gasteiger partial charge in [-0.1, -0.05) is 29.8 Å². The highest BCUT2D eigenvalue weighted by Gasteiger charge is 2.21. The quantitative estimate of drug-likeness (QED) is 0.449. The van der Waals surface area contributed by atoms with Gasteiger partial charge in [-0.25, -0.2) is 4.98 Å². The second kappa shape index (κ2) is 5.60. The summed E-state index contributed by atoms with van der Waals surface area (Å²) in [5, 5.41) is 2.68. The van der Waals surface area contributed by atoms with Gasteiger partial charge in [0.2, 0.25) is 0 Å². The number of imidazole rings is 1. The number of thiophene rings is 1. The molecule has 0 spiro atoms. The monoisotopic (exact) mass is 358 g/mol. The lowest BCUT2D eigenvalue weighted by atomic mass is 10.1. The Morgan fingerprint density at radius 1 is 1.22 bits per heavy atom. The van der Waals surface area contributed by atoms with E-state index in [4.69, 9.17) is 11.6 Å². The number of nitrogens with zero attached hydrogens (tertiary/aromatic N) is 2. The summed E-state index contributed by atoms with van der Waals surface area (Å²) in [7, 11) is 0.